The minimum absolute atomic E-state index is 0.581. The summed E-state index contributed by atoms with van der Waals surface area (Å²) in [6, 6.07) is 15.9. The predicted octanol–water partition coefficient (Wildman–Crippen LogP) is 7.09. The Morgan fingerprint density at radius 3 is 2.60 bits per heavy atom. The number of hydrogen-bond acceptors (Lipinski definition) is 3. The van der Waals surface area contributed by atoms with Crippen LogP contribution in [-0.2, 0) is 6.54 Å². The van der Waals surface area contributed by atoms with Crippen molar-refractivity contribution in [2.75, 3.05) is 0 Å². The molecule has 1 saturated carbocycles. The SMILES string of the molecule is Cc1ccc(N=C2Sc3nc4c(C)cccc4cc3CN2C2CCCCC2)c(C)c1. The van der Waals surface area contributed by atoms with Gasteiger partial charge in [0.25, 0.3) is 0 Å². The lowest BCUT2D eigenvalue weighted by Crippen LogP contribution is -2.41. The third kappa shape index (κ3) is 3.74. The number of nitrogens with zero attached hydrogens (tertiary/aromatic N) is 3. The van der Waals surface area contributed by atoms with Gasteiger partial charge in [0.15, 0.2) is 5.17 Å². The van der Waals surface area contributed by atoms with Crippen LogP contribution in [0.2, 0.25) is 0 Å². The molecule has 0 atom stereocenters. The largest absolute Gasteiger partial charge is 0.343 e. The van der Waals surface area contributed by atoms with E-state index in [1.807, 2.05) is 0 Å². The number of amidine groups is 1. The van der Waals surface area contributed by atoms with E-state index in [1.165, 1.54) is 59.7 Å². The van der Waals surface area contributed by atoms with E-state index < -0.39 is 0 Å². The van der Waals surface area contributed by atoms with Crippen LogP contribution in [0.15, 0.2) is 52.5 Å². The molecular formula is C26H29N3S. The second kappa shape index (κ2) is 8.07. The maximum atomic E-state index is 5.18. The molecule has 30 heavy (non-hydrogen) atoms. The van der Waals surface area contributed by atoms with Gasteiger partial charge in [0, 0.05) is 23.5 Å². The van der Waals surface area contributed by atoms with Gasteiger partial charge >= 0.3 is 0 Å². The molecule has 2 aliphatic rings. The summed E-state index contributed by atoms with van der Waals surface area (Å²) in [7, 11) is 0. The Hall–Kier alpha value is -2.33. The number of aryl methyl sites for hydroxylation is 3. The van der Waals surface area contributed by atoms with E-state index in [2.05, 4.69) is 68.1 Å². The standard InChI is InChI=1S/C26H29N3S/c1-17-12-13-23(19(3)14-17)27-26-29(22-10-5-4-6-11-22)16-21-15-20-9-7-8-18(2)24(20)28-25(21)30-26/h7-9,12-15,22H,4-6,10-11,16H2,1-3H3. The highest BCUT2D eigenvalue weighted by molar-refractivity contribution is 8.13. The highest BCUT2D eigenvalue weighted by Crippen LogP contribution is 2.38. The van der Waals surface area contributed by atoms with Crippen molar-refractivity contribution in [2.24, 2.45) is 4.99 Å². The lowest BCUT2D eigenvalue weighted by molar-refractivity contribution is 0.238. The lowest BCUT2D eigenvalue weighted by atomic mass is 9.94. The molecule has 4 heteroatoms. The first-order valence-electron chi connectivity index (χ1n) is 11.1. The number of hydrogen-bond donors (Lipinski definition) is 0. The molecule has 1 aliphatic carbocycles. The Kier molecular flexibility index (Phi) is 5.28. The van der Waals surface area contributed by atoms with Crippen LogP contribution < -0.4 is 0 Å². The zero-order valence-corrected chi connectivity index (χ0v) is 18.9. The van der Waals surface area contributed by atoms with Crippen molar-refractivity contribution in [3.8, 4) is 0 Å². The molecule has 5 rings (SSSR count). The second-order valence-electron chi connectivity index (χ2n) is 8.81. The predicted molar refractivity (Wildman–Crippen MR) is 128 cm³/mol. The van der Waals surface area contributed by atoms with Crippen LogP contribution in [0.1, 0.15) is 54.4 Å². The molecule has 0 N–H and O–H groups in total. The average Bonchev–Trinajstić information content (AvgIpc) is 2.75. The normalized spacial score (nSPS) is 18.8. The minimum Gasteiger partial charge on any atom is -0.343 e. The first kappa shape index (κ1) is 19.6. The van der Waals surface area contributed by atoms with E-state index >= 15 is 0 Å². The van der Waals surface area contributed by atoms with E-state index in [0.717, 1.165) is 27.9 Å². The van der Waals surface area contributed by atoms with Gasteiger partial charge < -0.3 is 4.90 Å². The fraction of sp³-hybridized carbons (Fsp3) is 0.385. The van der Waals surface area contributed by atoms with Crippen LogP contribution in [0.25, 0.3) is 10.9 Å². The van der Waals surface area contributed by atoms with Gasteiger partial charge in [0.1, 0.15) is 5.03 Å². The van der Waals surface area contributed by atoms with Gasteiger partial charge in [-0.05, 0) is 68.6 Å². The van der Waals surface area contributed by atoms with Crippen LogP contribution in [0.3, 0.4) is 0 Å². The van der Waals surface area contributed by atoms with Crippen molar-refractivity contribution in [2.45, 2.75) is 70.5 Å². The van der Waals surface area contributed by atoms with Gasteiger partial charge in [-0.25, -0.2) is 9.98 Å². The molecule has 2 heterocycles. The van der Waals surface area contributed by atoms with Gasteiger partial charge in [0.2, 0.25) is 0 Å². The van der Waals surface area contributed by atoms with E-state index in [-0.39, 0.29) is 0 Å². The Labute approximate surface area is 183 Å². The third-order valence-electron chi connectivity index (χ3n) is 6.44. The van der Waals surface area contributed by atoms with E-state index in [1.54, 1.807) is 11.8 Å². The Bertz CT molecular complexity index is 1130. The molecule has 1 aromatic heterocycles. The summed E-state index contributed by atoms with van der Waals surface area (Å²) < 4.78 is 0. The van der Waals surface area contributed by atoms with Crippen molar-refractivity contribution < 1.29 is 0 Å². The fourth-order valence-corrected chi connectivity index (χ4v) is 5.81. The van der Waals surface area contributed by atoms with Crippen LogP contribution in [-0.4, -0.2) is 21.1 Å². The molecule has 0 radical (unpaired) electrons. The van der Waals surface area contributed by atoms with Crippen molar-refractivity contribution in [1.29, 1.82) is 0 Å². The van der Waals surface area contributed by atoms with Crippen molar-refractivity contribution in [1.82, 2.24) is 9.88 Å². The van der Waals surface area contributed by atoms with Gasteiger partial charge in [-0.1, -0.05) is 55.2 Å². The second-order valence-corrected chi connectivity index (χ2v) is 9.76. The average molecular weight is 416 g/mol. The molecule has 1 aliphatic heterocycles. The van der Waals surface area contributed by atoms with Gasteiger partial charge in [-0.3, -0.25) is 0 Å². The fourth-order valence-electron chi connectivity index (χ4n) is 4.77. The Balaban J connectivity index is 1.60. The number of thioether (sulfide) groups is 1. The first-order valence-corrected chi connectivity index (χ1v) is 11.9. The lowest BCUT2D eigenvalue weighted by Gasteiger charge is -2.39. The number of pyridine rings is 1. The van der Waals surface area contributed by atoms with Gasteiger partial charge in [-0.2, -0.15) is 0 Å². The van der Waals surface area contributed by atoms with Crippen LogP contribution >= 0.6 is 11.8 Å². The van der Waals surface area contributed by atoms with Crippen molar-refractivity contribution in [3.63, 3.8) is 0 Å². The summed E-state index contributed by atoms with van der Waals surface area (Å²) in [5.41, 5.74) is 7.28. The van der Waals surface area contributed by atoms with Crippen LogP contribution in [0.5, 0.6) is 0 Å². The summed E-state index contributed by atoms with van der Waals surface area (Å²) in [5, 5.41) is 3.47. The summed E-state index contributed by atoms with van der Waals surface area (Å²) in [5.74, 6) is 0. The molecule has 0 amide bonds. The molecule has 154 valence electrons. The topological polar surface area (TPSA) is 28.5 Å². The monoisotopic (exact) mass is 415 g/mol. The molecule has 2 aromatic carbocycles. The minimum atomic E-state index is 0.581. The number of para-hydroxylation sites is 1. The first-order chi connectivity index (χ1) is 14.6. The molecule has 0 unspecified atom stereocenters. The molecule has 1 fully saturated rings. The maximum Gasteiger partial charge on any atom is 0.171 e. The zero-order chi connectivity index (χ0) is 20.7. The zero-order valence-electron chi connectivity index (χ0n) is 18.1. The van der Waals surface area contributed by atoms with Crippen molar-refractivity contribution in [3.05, 3.63) is 64.7 Å². The summed E-state index contributed by atoms with van der Waals surface area (Å²) in [4.78, 5) is 12.8. The van der Waals surface area contributed by atoms with E-state index in [0.29, 0.717) is 6.04 Å². The molecule has 0 spiro atoms. The van der Waals surface area contributed by atoms with E-state index in [4.69, 9.17) is 9.98 Å². The van der Waals surface area contributed by atoms with Crippen molar-refractivity contribution >= 4 is 33.5 Å². The van der Waals surface area contributed by atoms with Gasteiger partial charge in [0.05, 0.1) is 11.2 Å². The van der Waals surface area contributed by atoms with Crippen LogP contribution in [0.4, 0.5) is 5.69 Å². The molecule has 0 bridgehead atoms. The molecule has 3 aromatic rings. The highest BCUT2D eigenvalue weighted by atomic mass is 32.2. The smallest absolute Gasteiger partial charge is 0.171 e. The number of aromatic nitrogens is 1. The number of rotatable bonds is 2. The molecular weight excluding hydrogens is 386 g/mol. The number of fused-ring (bicyclic) bond motifs is 2. The van der Waals surface area contributed by atoms with Gasteiger partial charge in [-0.15, -0.1) is 0 Å². The Morgan fingerprint density at radius 2 is 1.80 bits per heavy atom. The quantitative estimate of drug-likeness (QED) is 0.447. The summed E-state index contributed by atoms with van der Waals surface area (Å²) >= 11 is 1.75. The number of benzene rings is 2. The number of aliphatic imine (C=N–C) groups is 1. The molecule has 0 saturated heterocycles. The maximum absolute atomic E-state index is 5.18. The molecule has 3 nitrogen and oxygen atoms in total. The third-order valence-corrected chi connectivity index (χ3v) is 7.50. The Morgan fingerprint density at radius 1 is 0.967 bits per heavy atom. The highest BCUT2D eigenvalue weighted by Gasteiger charge is 2.30. The summed E-state index contributed by atoms with van der Waals surface area (Å²) in [6.45, 7) is 7.36. The van der Waals surface area contributed by atoms with E-state index in [9.17, 15) is 0 Å². The van der Waals surface area contributed by atoms with Crippen LogP contribution in [0, 0.1) is 20.8 Å². The summed E-state index contributed by atoms with van der Waals surface area (Å²) in [6.07, 6.45) is 6.54.